The minimum Gasteiger partial charge on any atom is -0.378 e. The molecule has 0 aliphatic carbocycles. The molecule has 0 fully saturated rings. The molecule has 5 heteroatoms. The van der Waals surface area contributed by atoms with Gasteiger partial charge in [-0.15, -0.1) is 0 Å². The number of benzene rings is 1. The molecule has 0 atom stereocenters. The summed E-state index contributed by atoms with van der Waals surface area (Å²) in [5.41, 5.74) is 4.88. The zero-order valence-corrected chi connectivity index (χ0v) is 16.9. The number of hydrogen-bond acceptors (Lipinski definition) is 4. The molecule has 0 aliphatic heterocycles. The third-order valence-corrected chi connectivity index (χ3v) is 4.42. The van der Waals surface area contributed by atoms with Crippen LogP contribution in [-0.2, 0) is 12.8 Å². The average molecular weight is 361 g/mol. The minimum atomic E-state index is 0.560. The van der Waals surface area contributed by atoms with Crippen molar-refractivity contribution < 1.29 is 0 Å². The first-order valence-electron chi connectivity index (χ1n) is 8.98. The van der Waals surface area contributed by atoms with Crippen LogP contribution in [0, 0.1) is 5.92 Å². The molecule has 1 aromatic carbocycles. The van der Waals surface area contributed by atoms with Gasteiger partial charge in [-0.2, -0.15) is 0 Å². The molecule has 1 N–H and O–H groups in total. The van der Waals surface area contributed by atoms with E-state index in [4.69, 9.17) is 21.6 Å². The number of hydrogen-bond donors (Lipinski definition) is 1. The summed E-state index contributed by atoms with van der Waals surface area (Å²) in [6, 6.07) is 6.09. The maximum Gasteiger partial charge on any atom is 0.148 e. The summed E-state index contributed by atoms with van der Waals surface area (Å²) in [5.74, 6) is 1.46. The molecule has 0 unspecified atom stereocenters. The Morgan fingerprint density at radius 3 is 2.28 bits per heavy atom. The van der Waals surface area contributed by atoms with E-state index in [-0.39, 0.29) is 0 Å². The third-order valence-electron chi connectivity index (χ3n) is 4.11. The summed E-state index contributed by atoms with van der Waals surface area (Å²) < 4.78 is 0. The quantitative estimate of drug-likeness (QED) is 0.749. The first-order valence-corrected chi connectivity index (χ1v) is 9.36. The second kappa shape index (κ2) is 8.52. The lowest BCUT2D eigenvalue weighted by molar-refractivity contribution is 0.684. The van der Waals surface area contributed by atoms with Crippen molar-refractivity contribution in [3.05, 3.63) is 34.6 Å². The van der Waals surface area contributed by atoms with E-state index in [0.717, 1.165) is 53.5 Å². The number of aryl methyl sites for hydroxylation is 2. The van der Waals surface area contributed by atoms with Crippen molar-refractivity contribution >= 4 is 23.1 Å². The minimum absolute atomic E-state index is 0.560. The number of halogens is 1. The van der Waals surface area contributed by atoms with Gasteiger partial charge in [-0.05, 0) is 37.0 Å². The fourth-order valence-corrected chi connectivity index (χ4v) is 2.89. The summed E-state index contributed by atoms with van der Waals surface area (Å²) in [6.07, 6.45) is 1.65. The molecule has 0 aliphatic rings. The molecule has 4 nitrogen and oxygen atoms in total. The van der Waals surface area contributed by atoms with E-state index in [0.29, 0.717) is 10.9 Å². The van der Waals surface area contributed by atoms with Gasteiger partial charge in [-0.1, -0.05) is 39.3 Å². The van der Waals surface area contributed by atoms with Crippen LogP contribution in [0.1, 0.15) is 39.1 Å². The lowest BCUT2D eigenvalue weighted by atomic mass is 10.1. The van der Waals surface area contributed by atoms with Crippen molar-refractivity contribution in [1.82, 2.24) is 9.97 Å². The molecule has 25 heavy (non-hydrogen) atoms. The monoisotopic (exact) mass is 360 g/mol. The molecule has 2 rings (SSSR count). The Labute approximate surface area is 156 Å². The first-order chi connectivity index (χ1) is 11.9. The van der Waals surface area contributed by atoms with Crippen LogP contribution in [0.5, 0.6) is 0 Å². The molecule has 0 saturated carbocycles. The second-order valence-corrected chi connectivity index (χ2v) is 7.26. The maximum atomic E-state index is 6.56. The molecular weight excluding hydrogens is 332 g/mol. The van der Waals surface area contributed by atoms with Gasteiger partial charge in [0.1, 0.15) is 5.82 Å². The van der Waals surface area contributed by atoms with Crippen LogP contribution >= 0.6 is 11.6 Å². The smallest absolute Gasteiger partial charge is 0.148 e. The Morgan fingerprint density at radius 2 is 1.76 bits per heavy atom. The van der Waals surface area contributed by atoms with Gasteiger partial charge in [0.25, 0.3) is 0 Å². The number of aromatic nitrogens is 2. The third kappa shape index (κ3) is 4.63. The molecule has 1 aromatic heterocycles. The molecule has 0 spiro atoms. The zero-order valence-electron chi connectivity index (χ0n) is 16.2. The van der Waals surface area contributed by atoms with Crippen molar-refractivity contribution in [2.75, 3.05) is 30.9 Å². The lowest BCUT2D eigenvalue weighted by Gasteiger charge is -2.18. The highest BCUT2D eigenvalue weighted by atomic mass is 35.5. The standard InChI is InChI=1S/C20H29ClN4/c1-7-17-19(15-10-9-14(25(5)6)11-16(15)21)23-18(8-2)20(24-17)22-12-13(3)4/h9-11,13H,7-8,12H2,1-6H3,(H,22,24). The van der Waals surface area contributed by atoms with Gasteiger partial charge >= 0.3 is 0 Å². The fraction of sp³-hybridized carbons (Fsp3) is 0.500. The van der Waals surface area contributed by atoms with E-state index < -0.39 is 0 Å². The van der Waals surface area contributed by atoms with Gasteiger partial charge in [0.05, 0.1) is 22.1 Å². The van der Waals surface area contributed by atoms with E-state index in [2.05, 4.69) is 39.1 Å². The summed E-state index contributed by atoms with van der Waals surface area (Å²) >= 11 is 6.56. The van der Waals surface area contributed by atoms with Crippen LogP contribution < -0.4 is 10.2 Å². The van der Waals surface area contributed by atoms with Crippen molar-refractivity contribution in [1.29, 1.82) is 0 Å². The van der Waals surface area contributed by atoms with Crippen molar-refractivity contribution in [2.45, 2.75) is 40.5 Å². The van der Waals surface area contributed by atoms with Crippen molar-refractivity contribution in [2.24, 2.45) is 5.92 Å². The van der Waals surface area contributed by atoms with E-state index in [1.807, 2.05) is 31.1 Å². The highest BCUT2D eigenvalue weighted by Gasteiger charge is 2.16. The van der Waals surface area contributed by atoms with Crippen LogP contribution in [0.3, 0.4) is 0 Å². The Bertz CT molecular complexity index is 726. The Morgan fingerprint density at radius 1 is 1.08 bits per heavy atom. The van der Waals surface area contributed by atoms with E-state index >= 15 is 0 Å². The van der Waals surface area contributed by atoms with Crippen LogP contribution in [-0.4, -0.2) is 30.6 Å². The molecule has 2 aromatic rings. The number of nitrogens with one attached hydrogen (secondary N) is 1. The molecule has 136 valence electrons. The number of rotatable bonds is 7. The van der Waals surface area contributed by atoms with Crippen LogP contribution in [0.4, 0.5) is 11.5 Å². The average Bonchev–Trinajstić information content (AvgIpc) is 2.59. The molecule has 0 radical (unpaired) electrons. The molecule has 0 saturated heterocycles. The number of anilines is 2. The summed E-state index contributed by atoms with van der Waals surface area (Å²) in [7, 11) is 4.01. The highest BCUT2D eigenvalue weighted by Crippen LogP contribution is 2.33. The first kappa shape index (κ1) is 19.5. The normalized spacial score (nSPS) is 11.0. The van der Waals surface area contributed by atoms with Gasteiger partial charge in [0.2, 0.25) is 0 Å². The van der Waals surface area contributed by atoms with Crippen molar-refractivity contribution in [3.63, 3.8) is 0 Å². The van der Waals surface area contributed by atoms with Crippen LogP contribution in [0.25, 0.3) is 11.3 Å². The second-order valence-electron chi connectivity index (χ2n) is 6.85. The zero-order chi connectivity index (χ0) is 18.6. The Balaban J connectivity index is 2.50. The number of nitrogens with zero attached hydrogens (tertiary/aromatic N) is 3. The van der Waals surface area contributed by atoms with Gasteiger partial charge in [0, 0.05) is 31.9 Å². The topological polar surface area (TPSA) is 41.1 Å². The maximum absolute atomic E-state index is 6.56. The predicted octanol–water partition coefficient (Wildman–Crippen LogP) is 5.06. The summed E-state index contributed by atoms with van der Waals surface area (Å²) in [5, 5.41) is 4.15. The van der Waals surface area contributed by atoms with E-state index in [1.54, 1.807) is 0 Å². The van der Waals surface area contributed by atoms with E-state index in [9.17, 15) is 0 Å². The van der Waals surface area contributed by atoms with Gasteiger partial charge in [-0.3, -0.25) is 0 Å². The molecule has 0 bridgehead atoms. The fourth-order valence-electron chi connectivity index (χ4n) is 2.63. The van der Waals surface area contributed by atoms with Crippen molar-refractivity contribution in [3.8, 4) is 11.3 Å². The SMILES string of the molecule is CCc1nc(-c2ccc(N(C)C)cc2Cl)c(CC)nc1NCC(C)C. The Kier molecular flexibility index (Phi) is 6.65. The molecule has 1 heterocycles. The Hall–Kier alpha value is -1.81. The van der Waals surface area contributed by atoms with Crippen LogP contribution in [0.2, 0.25) is 5.02 Å². The summed E-state index contributed by atoms with van der Waals surface area (Å²) in [6.45, 7) is 9.48. The summed E-state index contributed by atoms with van der Waals surface area (Å²) in [4.78, 5) is 11.8. The highest BCUT2D eigenvalue weighted by molar-refractivity contribution is 6.33. The van der Waals surface area contributed by atoms with Crippen LogP contribution in [0.15, 0.2) is 18.2 Å². The lowest BCUT2D eigenvalue weighted by Crippen LogP contribution is -2.14. The molecular formula is C20H29ClN4. The predicted molar refractivity (Wildman–Crippen MR) is 109 cm³/mol. The van der Waals surface area contributed by atoms with E-state index in [1.165, 1.54) is 0 Å². The van der Waals surface area contributed by atoms with Gasteiger partial charge in [-0.25, -0.2) is 9.97 Å². The van der Waals surface area contributed by atoms with Gasteiger partial charge in [0.15, 0.2) is 0 Å². The van der Waals surface area contributed by atoms with Gasteiger partial charge < -0.3 is 10.2 Å². The molecule has 0 amide bonds. The largest absolute Gasteiger partial charge is 0.378 e.